The molecule has 2 aromatic rings. The molecule has 0 radical (unpaired) electrons. The molecule has 0 aliphatic carbocycles. The van der Waals surface area contributed by atoms with Crippen LogP contribution < -0.4 is 5.32 Å². The van der Waals surface area contributed by atoms with Crippen LogP contribution in [-0.4, -0.2) is 15.7 Å². The van der Waals surface area contributed by atoms with E-state index in [-0.39, 0.29) is 5.91 Å². The van der Waals surface area contributed by atoms with Crippen LogP contribution in [0.2, 0.25) is 0 Å². The van der Waals surface area contributed by atoms with Crippen molar-refractivity contribution in [1.82, 2.24) is 9.78 Å². The number of carbonyl (C=O) groups excluding carboxylic acids is 1. The fourth-order valence-corrected chi connectivity index (χ4v) is 1.89. The van der Waals surface area contributed by atoms with E-state index in [0.29, 0.717) is 5.56 Å². The molecule has 94 valence electrons. The molecular formula is C13H14BrN3O. The van der Waals surface area contributed by atoms with Gasteiger partial charge in [0.2, 0.25) is 0 Å². The molecule has 5 heteroatoms. The van der Waals surface area contributed by atoms with Gasteiger partial charge in [-0.1, -0.05) is 15.9 Å². The number of benzene rings is 1. The van der Waals surface area contributed by atoms with Crippen molar-refractivity contribution in [2.75, 3.05) is 5.32 Å². The number of amides is 1. The summed E-state index contributed by atoms with van der Waals surface area (Å²) in [6.07, 6.45) is 1.58. The predicted octanol–water partition coefficient (Wildman–Crippen LogP) is 3.05. The monoisotopic (exact) mass is 307 g/mol. The largest absolute Gasteiger partial charge is 0.322 e. The van der Waals surface area contributed by atoms with E-state index in [1.54, 1.807) is 10.9 Å². The Labute approximate surface area is 114 Å². The molecule has 0 saturated heterocycles. The summed E-state index contributed by atoms with van der Waals surface area (Å²) < 4.78 is 2.71. The second-order valence-electron chi connectivity index (χ2n) is 4.19. The topological polar surface area (TPSA) is 46.9 Å². The molecule has 0 fully saturated rings. The summed E-state index contributed by atoms with van der Waals surface area (Å²) in [6.45, 7) is 3.85. The summed E-state index contributed by atoms with van der Waals surface area (Å²) in [6, 6.07) is 5.70. The first-order valence-corrected chi connectivity index (χ1v) is 6.34. The van der Waals surface area contributed by atoms with Gasteiger partial charge in [-0.05, 0) is 37.6 Å². The standard InChI is InChI=1S/C13H14BrN3O/c1-8-6-10(4-5-12(8)14)16-13(18)11-7-15-17(3)9(11)2/h4-7H,1-3H3,(H,16,18). The second kappa shape index (κ2) is 4.94. The zero-order chi connectivity index (χ0) is 13.3. The maximum Gasteiger partial charge on any atom is 0.259 e. The first-order valence-electron chi connectivity index (χ1n) is 5.55. The Morgan fingerprint density at radius 3 is 2.67 bits per heavy atom. The maximum atomic E-state index is 12.1. The van der Waals surface area contributed by atoms with Gasteiger partial charge < -0.3 is 5.32 Å². The van der Waals surface area contributed by atoms with Gasteiger partial charge in [0, 0.05) is 22.9 Å². The normalized spacial score (nSPS) is 10.4. The Morgan fingerprint density at radius 1 is 1.39 bits per heavy atom. The Kier molecular flexibility index (Phi) is 3.52. The smallest absolute Gasteiger partial charge is 0.259 e. The lowest BCUT2D eigenvalue weighted by atomic mass is 10.2. The third-order valence-corrected chi connectivity index (χ3v) is 3.79. The van der Waals surface area contributed by atoms with Crippen molar-refractivity contribution < 1.29 is 4.79 Å². The van der Waals surface area contributed by atoms with Gasteiger partial charge in [0.25, 0.3) is 5.91 Å². The number of hydrogen-bond donors (Lipinski definition) is 1. The third-order valence-electron chi connectivity index (χ3n) is 2.90. The van der Waals surface area contributed by atoms with Crippen molar-refractivity contribution in [3.63, 3.8) is 0 Å². The average molecular weight is 308 g/mol. The van der Waals surface area contributed by atoms with Crippen LogP contribution in [-0.2, 0) is 7.05 Å². The minimum absolute atomic E-state index is 0.137. The quantitative estimate of drug-likeness (QED) is 0.927. The first-order chi connectivity index (χ1) is 8.49. The summed E-state index contributed by atoms with van der Waals surface area (Å²) >= 11 is 3.43. The van der Waals surface area contributed by atoms with Crippen LogP contribution in [0.1, 0.15) is 21.6 Å². The Hall–Kier alpha value is -1.62. The number of carbonyl (C=O) groups is 1. The van der Waals surface area contributed by atoms with Gasteiger partial charge in [-0.3, -0.25) is 9.48 Å². The van der Waals surface area contributed by atoms with Gasteiger partial charge in [-0.2, -0.15) is 5.10 Å². The highest BCUT2D eigenvalue weighted by atomic mass is 79.9. The molecule has 18 heavy (non-hydrogen) atoms. The van der Waals surface area contributed by atoms with Crippen LogP contribution in [0.25, 0.3) is 0 Å². The molecule has 0 spiro atoms. The molecule has 0 aliphatic heterocycles. The van der Waals surface area contributed by atoms with Gasteiger partial charge in [0.05, 0.1) is 11.8 Å². The van der Waals surface area contributed by atoms with Gasteiger partial charge in [-0.15, -0.1) is 0 Å². The fraction of sp³-hybridized carbons (Fsp3) is 0.231. The number of aromatic nitrogens is 2. The number of aryl methyl sites for hydroxylation is 2. The molecule has 0 bridgehead atoms. The number of hydrogen-bond acceptors (Lipinski definition) is 2. The summed E-state index contributed by atoms with van der Waals surface area (Å²) in [5.74, 6) is -0.137. The first kappa shape index (κ1) is 12.8. The maximum absolute atomic E-state index is 12.1. The molecule has 0 atom stereocenters. The van der Waals surface area contributed by atoms with Crippen molar-refractivity contribution in [2.24, 2.45) is 7.05 Å². The second-order valence-corrected chi connectivity index (χ2v) is 5.04. The Bertz CT molecular complexity index is 604. The van der Waals surface area contributed by atoms with Crippen molar-refractivity contribution in [1.29, 1.82) is 0 Å². The van der Waals surface area contributed by atoms with Crippen molar-refractivity contribution in [3.05, 3.63) is 45.7 Å². The molecule has 1 amide bonds. The summed E-state index contributed by atoms with van der Waals surface area (Å²) in [5.41, 5.74) is 3.30. The van der Waals surface area contributed by atoms with E-state index < -0.39 is 0 Å². The molecule has 1 aromatic carbocycles. The van der Waals surface area contributed by atoms with Crippen LogP contribution in [0.5, 0.6) is 0 Å². The van der Waals surface area contributed by atoms with E-state index in [0.717, 1.165) is 21.4 Å². The molecule has 2 rings (SSSR count). The predicted molar refractivity (Wildman–Crippen MR) is 74.8 cm³/mol. The molecule has 0 saturated carbocycles. The lowest BCUT2D eigenvalue weighted by Crippen LogP contribution is -2.13. The van der Waals surface area contributed by atoms with Crippen LogP contribution in [0, 0.1) is 13.8 Å². The lowest BCUT2D eigenvalue weighted by molar-refractivity contribution is 0.102. The summed E-state index contributed by atoms with van der Waals surface area (Å²) in [7, 11) is 1.82. The van der Waals surface area contributed by atoms with Crippen LogP contribution in [0.4, 0.5) is 5.69 Å². The van der Waals surface area contributed by atoms with Gasteiger partial charge in [-0.25, -0.2) is 0 Å². The summed E-state index contributed by atoms with van der Waals surface area (Å²) in [4.78, 5) is 12.1. The molecule has 1 N–H and O–H groups in total. The van der Waals surface area contributed by atoms with E-state index in [1.807, 2.05) is 39.1 Å². The molecule has 1 heterocycles. The van der Waals surface area contributed by atoms with Gasteiger partial charge in [0.1, 0.15) is 0 Å². The summed E-state index contributed by atoms with van der Waals surface area (Å²) in [5, 5.41) is 6.93. The van der Waals surface area contributed by atoms with Gasteiger partial charge in [0.15, 0.2) is 0 Å². The SMILES string of the molecule is Cc1cc(NC(=O)c2cnn(C)c2C)ccc1Br. The number of rotatable bonds is 2. The lowest BCUT2D eigenvalue weighted by Gasteiger charge is -2.06. The molecule has 0 unspecified atom stereocenters. The van der Waals surface area contributed by atoms with Crippen molar-refractivity contribution in [3.8, 4) is 0 Å². The van der Waals surface area contributed by atoms with Crippen molar-refractivity contribution in [2.45, 2.75) is 13.8 Å². The Morgan fingerprint density at radius 2 is 2.11 bits per heavy atom. The average Bonchev–Trinajstić information content (AvgIpc) is 2.65. The van der Waals surface area contributed by atoms with E-state index in [2.05, 4.69) is 26.3 Å². The minimum Gasteiger partial charge on any atom is -0.322 e. The van der Waals surface area contributed by atoms with E-state index >= 15 is 0 Å². The van der Waals surface area contributed by atoms with Crippen molar-refractivity contribution >= 4 is 27.5 Å². The molecule has 0 aliphatic rings. The Balaban J connectivity index is 2.21. The van der Waals surface area contributed by atoms with Gasteiger partial charge >= 0.3 is 0 Å². The third kappa shape index (κ3) is 2.46. The zero-order valence-electron chi connectivity index (χ0n) is 10.5. The molecule has 1 aromatic heterocycles. The van der Waals surface area contributed by atoms with E-state index in [1.165, 1.54) is 0 Å². The fourth-order valence-electron chi connectivity index (χ4n) is 1.64. The number of nitrogens with zero attached hydrogens (tertiary/aromatic N) is 2. The van der Waals surface area contributed by atoms with Crippen LogP contribution in [0.15, 0.2) is 28.9 Å². The zero-order valence-corrected chi connectivity index (χ0v) is 12.1. The minimum atomic E-state index is -0.137. The molecule has 4 nitrogen and oxygen atoms in total. The highest BCUT2D eigenvalue weighted by molar-refractivity contribution is 9.10. The van der Waals surface area contributed by atoms with E-state index in [4.69, 9.17) is 0 Å². The van der Waals surface area contributed by atoms with Crippen LogP contribution in [0.3, 0.4) is 0 Å². The highest BCUT2D eigenvalue weighted by Gasteiger charge is 2.12. The number of halogens is 1. The number of anilines is 1. The van der Waals surface area contributed by atoms with E-state index in [9.17, 15) is 4.79 Å². The number of nitrogens with one attached hydrogen (secondary N) is 1. The van der Waals surface area contributed by atoms with Crippen LogP contribution >= 0.6 is 15.9 Å². The highest BCUT2D eigenvalue weighted by Crippen LogP contribution is 2.20. The molecular weight excluding hydrogens is 294 g/mol.